The third-order valence-electron chi connectivity index (χ3n) is 3.22. The van der Waals surface area contributed by atoms with E-state index in [1.807, 2.05) is 18.2 Å². The lowest BCUT2D eigenvalue weighted by Crippen LogP contribution is -1.97. The van der Waals surface area contributed by atoms with Gasteiger partial charge in [0, 0.05) is 12.0 Å². The topological polar surface area (TPSA) is 86.0 Å². The van der Waals surface area contributed by atoms with E-state index in [2.05, 4.69) is 10.1 Å². The van der Waals surface area contributed by atoms with E-state index >= 15 is 0 Å². The van der Waals surface area contributed by atoms with Crippen LogP contribution in [0.5, 0.6) is 11.5 Å². The Hall–Kier alpha value is -1.97. The number of aromatic nitrogens is 3. The fourth-order valence-electron chi connectivity index (χ4n) is 2.21. The van der Waals surface area contributed by atoms with Gasteiger partial charge in [0.1, 0.15) is 0 Å². The van der Waals surface area contributed by atoms with Crippen molar-refractivity contribution in [2.45, 2.75) is 10.8 Å². The summed E-state index contributed by atoms with van der Waals surface area (Å²) in [4.78, 5) is 5.00. The van der Waals surface area contributed by atoms with Gasteiger partial charge in [-0.2, -0.15) is 0 Å². The Labute approximate surface area is 131 Å². The van der Waals surface area contributed by atoms with Gasteiger partial charge in [0.15, 0.2) is 11.5 Å². The molecule has 0 spiro atoms. The van der Waals surface area contributed by atoms with E-state index in [-0.39, 0.29) is 4.34 Å². The highest BCUT2D eigenvalue weighted by molar-refractivity contribution is 7.81. The second kappa shape index (κ2) is 5.34. The number of nitrogens with zero attached hydrogens (tertiary/aromatic N) is 3. The van der Waals surface area contributed by atoms with Crippen LogP contribution < -0.4 is 9.47 Å². The minimum atomic E-state index is -2.08. The molecule has 3 heterocycles. The van der Waals surface area contributed by atoms with Gasteiger partial charge in [-0.05, 0) is 18.2 Å². The quantitative estimate of drug-likeness (QED) is 0.722. The number of ether oxygens (including phenoxy) is 2. The van der Waals surface area contributed by atoms with Gasteiger partial charge in [-0.1, -0.05) is 11.3 Å². The number of hydrogen-bond donors (Lipinski definition) is 1. The predicted molar refractivity (Wildman–Crippen MR) is 80.9 cm³/mol. The average Bonchev–Trinajstić information content (AvgIpc) is 2.98. The molecule has 1 N–H and O–H groups in total. The van der Waals surface area contributed by atoms with E-state index < -0.39 is 11.1 Å². The Bertz CT molecular complexity index is 842. The zero-order valence-electron chi connectivity index (χ0n) is 11.3. The van der Waals surface area contributed by atoms with E-state index in [0.29, 0.717) is 23.9 Å². The highest BCUT2D eigenvalue weighted by atomic mass is 32.2. The van der Waals surface area contributed by atoms with Crippen molar-refractivity contribution in [1.82, 2.24) is 14.6 Å². The first kappa shape index (κ1) is 13.7. The van der Waals surface area contributed by atoms with Crippen LogP contribution in [0.4, 0.5) is 0 Å². The highest BCUT2D eigenvalue weighted by Crippen LogP contribution is 2.34. The predicted octanol–water partition coefficient (Wildman–Crippen LogP) is 2.20. The minimum Gasteiger partial charge on any atom is -0.490 e. The van der Waals surface area contributed by atoms with Gasteiger partial charge in [0.2, 0.25) is 20.4 Å². The lowest BCUT2D eigenvalue weighted by atomic mass is 10.1. The molecule has 3 aromatic rings. The molecule has 1 atom stereocenters. The van der Waals surface area contributed by atoms with Crippen molar-refractivity contribution >= 4 is 27.4 Å². The smallest absolute Gasteiger partial charge is 0.232 e. The van der Waals surface area contributed by atoms with Crippen LogP contribution >= 0.6 is 11.3 Å². The van der Waals surface area contributed by atoms with E-state index in [4.69, 9.17) is 14.0 Å². The Morgan fingerprint density at radius 3 is 2.86 bits per heavy atom. The Kier molecular flexibility index (Phi) is 3.32. The summed E-state index contributed by atoms with van der Waals surface area (Å²) in [6, 6.07) is 5.66. The maximum absolute atomic E-state index is 11.0. The van der Waals surface area contributed by atoms with Crippen LogP contribution in [-0.2, 0) is 11.1 Å². The van der Waals surface area contributed by atoms with Gasteiger partial charge in [-0.25, -0.2) is 13.7 Å². The first-order chi connectivity index (χ1) is 10.7. The van der Waals surface area contributed by atoms with Crippen molar-refractivity contribution in [3.8, 4) is 22.8 Å². The monoisotopic (exact) mass is 337 g/mol. The SMILES string of the molecule is O=S(O)c1nn2cc(-c3ccc4c(c3)OCCCO4)nc2s1. The summed E-state index contributed by atoms with van der Waals surface area (Å²) in [6.07, 6.45) is 2.58. The molecule has 7 nitrogen and oxygen atoms in total. The van der Waals surface area contributed by atoms with Gasteiger partial charge in [-0.15, -0.1) is 5.10 Å². The first-order valence-electron chi connectivity index (χ1n) is 6.58. The van der Waals surface area contributed by atoms with Gasteiger partial charge >= 0.3 is 0 Å². The average molecular weight is 337 g/mol. The minimum absolute atomic E-state index is 0.132. The third kappa shape index (κ3) is 2.36. The number of benzene rings is 1. The molecular weight excluding hydrogens is 326 g/mol. The first-order valence-corrected chi connectivity index (χ1v) is 8.50. The Balaban J connectivity index is 1.73. The standard InChI is InChI=1S/C13H11N3O4S2/c17-22(18)13-15-16-7-9(14-12(16)21-13)8-2-3-10-11(6-8)20-5-1-4-19-10/h2-3,6-7H,1,4-5H2,(H,17,18). The molecule has 0 amide bonds. The largest absolute Gasteiger partial charge is 0.490 e. The van der Waals surface area contributed by atoms with Crippen molar-refractivity contribution < 1.29 is 18.2 Å². The van der Waals surface area contributed by atoms with Crippen LogP contribution in [0.1, 0.15) is 6.42 Å². The molecule has 0 bridgehead atoms. The summed E-state index contributed by atoms with van der Waals surface area (Å²) in [5.74, 6) is 1.44. The molecule has 22 heavy (non-hydrogen) atoms. The maximum atomic E-state index is 11.0. The number of hydrogen-bond acceptors (Lipinski definition) is 6. The molecule has 2 aromatic heterocycles. The fourth-order valence-corrected chi connectivity index (χ4v) is 3.50. The second-order valence-electron chi connectivity index (χ2n) is 4.68. The van der Waals surface area contributed by atoms with Crippen molar-refractivity contribution in [2.24, 2.45) is 0 Å². The summed E-state index contributed by atoms with van der Waals surface area (Å²) in [5, 5.41) is 4.03. The van der Waals surface area contributed by atoms with Crippen LogP contribution in [0.15, 0.2) is 28.7 Å². The van der Waals surface area contributed by atoms with Crippen molar-refractivity contribution in [3.63, 3.8) is 0 Å². The summed E-state index contributed by atoms with van der Waals surface area (Å²) < 4.78 is 33.0. The number of imidazole rings is 1. The summed E-state index contributed by atoms with van der Waals surface area (Å²) in [7, 11) is 0. The molecular formula is C13H11N3O4S2. The summed E-state index contributed by atoms with van der Waals surface area (Å²) in [6.45, 7) is 1.28. The van der Waals surface area contributed by atoms with E-state index in [9.17, 15) is 4.21 Å². The zero-order chi connectivity index (χ0) is 15.1. The summed E-state index contributed by atoms with van der Waals surface area (Å²) >= 11 is -0.997. The molecule has 9 heteroatoms. The second-order valence-corrected chi connectivity index (χ2v) is 6.78. The van der Waals surface area contributed by atoms with Crippen LogP contribution in [0.2, 0.25) is 0 Å². The van der Waals surface area contributed by atoms with E-state index in [0.717, 1.165) is 34.8 Å². The molecule has 0 saturated carbocycles. The molecule has 4 rings (SSSR count). The maximum Gasteiger partial charge on any atom is 0.232 e. The van der Waals surface area contributed by atoms with Crippen molar-refractivity contribution in [3.05, 3.63) is 24.4 Å². The molecule has 0 aliphatic carbocycles. The molecule has 1 aliphatic rings. The molecule has 114 valence electrons. The molecule has 0 fully saturated rings. The zero-order valence-corrected chi connectivity index (χ0v) is 12.9. The molecule has 0 radical (unpaired) electrons. The number of rotatable bonds is 2. The number of fused-ring (bicyclic) bond motifs is 2. The van der Waals surface area contributed by atoms with Crippen molar-refractivity contribution in [2.75, 3.05) is 13.2 Å². The van der Waals surface area contributed by atoms with Gasteiger partial charge in [0.05, 0.1) is 25.1 Å². The third-order valence-corrected chi connectivity index (χ3v) is 4.99. The highest BCUT2D eigenvalue weighted by Gasteiger charge is 2.15. The lowest BCUT2D eigenvalue weighted by molar-refractivity contribution is 0.297. The molecule has 1 aliphatic heterocycles. The van der Waals surface area contributed by atoms with Crippen LogP contribution in [0.25, 0.3) is 16.2 Å². The van der Waals surface area contributed by atoms with Crippen LogP contribution in [0, 0.1) is 0 Å². The molecule has 0 saturated heterocycles. The van der Waals surface area contributed by atoms with Gasteiger partial charge < -0.3 is 14.0 Å². The summed E-state index contributed by atoms with van der Waals surface area (Å²) in [5.41, 5.74) is 1.61. The Morgan fingerprint density at radius 1 is 1.27 bits per heavy atom. The van der Waals surface area contributed by atoms with Gasteiger partial charge in [0.25, 0.3) is 0 Å². The fraction of sp³-hybridized carbons (Fsp3) is 0.231. The van der Waals surface area contributed by atoms with Crippen molar-refractivity contribution in [1.29, 1.82) is 0 Å². The van der Waals surface area contributed by atoms with E-state index in [1.165, 1.54) is 4.52 Å². The van der Waals surface area contributed by atoms with Gasteiger partial charge in [-0.3, -0.25) is 0 Å². The lowest BCUT2D eigenvalue weighted by Gasteiger charge is -2.07. The van der Waals surface area contributed by atoms with Crippen LogP contribution in [-0.4, -0.2) is 36.6 Å². The Morgan fingerprint density at radius 2 is 2.09 bits per heavy atom. The molecule has 1 unspecified atom stereocenters. The normalized spacial score (nSPS) is 15.7. The molecule has 1 aromatic carbocycles. The van der Waals surface area contributed by atoms with Crippen LogP contribution in [0.3, 0.4) is 0 Å². The van der Waals surface area contributed by atoms with E-state index in [1.54, 1.807) is 6.20 Å².